The van der Waals surface area contributed by atoms with E-state index in [1.165, 1.54) is 0 Å². The number of guanidine groups is 1. The third-order valence-electron chi connectivity index (χ3n) is 6.20. The number of carboxylic acids is 3. The monoisotopic (exact) mass is 636 g/mol. The summed E-state index contributed by atoms with van der Waals surface area (Å²) in [6, 6.07) is 3.64. The molecule has 18 nitrogen and oxygen atoms in total. The number of hydrogen-bond acceptors (Lipinski definition) is 9. The number of amides is 4. The Balaban J connectivity index is 2.90. The lowest BCUT2D eigenvalue weighted by atomic mass is 10.0. The summed E-state index contributed by atoms with van der Waals surface area (Å²) in [7, 11) is 0. The van der Waals surface area contributed by atoms with Crippen LogP contribution in [0, 0.1) is 0 Å². The standard InChI is InChI=1S/C27H40N8O10/c28-16(13-15-5-2-1-3-6-15)23(41)34-17(7-4-12-31-27(29)30)24(42)32-14-20(36)33-18(8-10-21(37)38)25(43)35-19(26(44)45)9-11-22(39)40/h1-3,5-6,16-19H,4,7-14,28H2,(H,32,42)(H,33,36)(H,34,41)(H,35,43)(H,37,38)(H,39,40)(H,44,45)(H4,29,30,31)/t16-,17-,18-,19-/m0/s1. The van der Waals surface area contributed by atoms with Crippen LogP contribution in [0.3, 0.4) is 0 Å². The average molecular weight is 637 g/mol. The Labute approximate surface area is 258 Å². The molecule has 13 N–H and O–H groups in total. The van der Waals surface area contributed by atoms with Crippen molar-refractivity contribution in [1.29, 1.82) is 0 Å². The summed E-state index contributed by atoms with van der Waals surface area (Å²) in [5.74, 6) is -7.71. The number of aliphatic carboxylic acids is 3. The molecule has 0 unspecified atom stereocenters. The van der Waals surface area contributed by atoms with E-state index in [4.69, 9.17) is 27.4 Å². The number of carbonyl (C=O) groups is 7. The summed E-state index contributed by atoms with van der Waals surface area (Å²) in [6.07, 6.45) is -1.53. The van der Waals surface area contributed by atoms with Crippen LogP contribution >= 0.6 is 0 Å². The van der Waals surface area contributed by atoms with Gasteiger partial charge in [0.25, 0.3) is 0 Å². The van der Waals surface area contributed by atoms with Gasteiger partial charge in [-0.25, -0.2) is 4.79 Å². The highest BCUT2D eigenvalue weighted by Gasteiger charge is 2.28. The van der Waals surface area contributed by atoms with Crippen molar-refractivity contribution >= 4 is 47.5 Å². The third-order valence-corrected chi connectivity index (χ3v) is 6.20. The molecule has 248 valence electrons. The van der Waals surface area contributed by atoms with E-state index in [0.717, 1.165) is 5.56 Å². The van der Waals surface area contributed by atoms with E-state index in [1.54, 1.807) is 30.3 Å². The molecule has 18 heteroatoms. The molecule has 1 aromatic rings. The fourth-order valence-electron chi connectivity index (χ4n) is 3.88. The maximum absolute atomic E-state index is 13.0. The fourth-order valence-corrected chi connectivity index (χ4v) is 3.88. The van der Waals surface area contributed by atoms with Crippen LogP contribution in [0.5, 0.6) is 0 Å². The van der Waals surface area contributed by atoms with Crippen LogP contribution in [0.25, 0.3) is 0 Å². The normalized spacial score (nSPS) is 13.2. The van der Waals surface area contributed by atoms with E-state index < -0.39 is 97.9 Å². The Bertz CT molecular complexity index is 1220. The molecular formula is C27H40N8O10. The highest BCUT2D eigenvalue weighted by Crippen LogP contribution is 2.05. The van der Waals surface area contributed by atoms with E-state index in [2.05, 4.69) is 26.3 Å². The first-order valence-corrected chi connectivity index (χ1v) is 13.9. The van der Waals surface area contributed by atoms with Crippen molar-refractivity contribution in [2.24, 2.45) is 22.2 Å². The van der Waals surface area contributed by atoms with Crippen LogP contribution in [0.2, 0.25) is 0 Å². The lowest BCUT2D eigenvalue weighted by molar-refractivity contribution is -0.144. The topological polar surface area (TPSA) is 319 Å². The highest BCUT2D eigenvalue weighted by molar-refractivity contribution is 5.94. The number of nitrogens with two attached hydrogens (primary N) is 3. The molecule has 1 rings (SSSR count). The first-order valence-electron chi connectivity index (χ1n) is 13.9. The smallest absolute Gasteiger partial charge is 0.326 e. The first-order chi connectivity index (χ1) is 21.2. The molecule has 0 aliphatic rings. The van der Waals surface area contributed by atoms with Crippen LogP contribution < -0.4 is 38.5 Å². The molecule has 0 aliphatic heterocycles. The van der Waals surface area contributed by atoms with E-state index in [9.17, 15) is 38.7 Å². The number of aliphatic imine (C=N–C) groups is 1. The molecule has 0 aromatic heterocycles. The van der Waals surface area contributed by atoms with Crippen molar-refractivity contribution in [3.63, 3.8) is 0 Å². The summed E-state index contributed by atoms with van der Waals surface area (Å²) in [5.41, 5.74) is 17.5. The van der Waals surface area contributed by atoms with Gasteiger partial charge in [0.05, 0.1) is 12.6 Å². The second kappa shape index (κ2) is 19.8. The molecule has 1 aromatic carbocycles. The first kappa shape index (κ1) is 37.8. The maximum atomic E-state index is 13.0. The quantitative estimate of drug-likeness (QED) is 0.0366. The second-order valence-electron chi connectivity index (χ2n) is 9.91. The summed E-state index contributed by atoms with van der Waals surface area (Å²) >= 11 is 0. The number of nitrogens with one attached hydrogen (secondary N) is 4. The lowest BCUT2D eigenvalue weighted by Crippen LogP contribution is -2.55. The van der Waals surface area contributed by atoms with Gasteiger partial charge >= 0.3 is 17.9 Å². The Morgan fingerprint density at radius 3 is 1.84 bits per heavy atom. The molecular weight excluding hydrogens is 596 g/mol. The van der Waals surface area contributed by atoms with Crippen LogP contribution in [-0.4, -0.2) is 100 Å². The van der Waals surface area contributed by atoms with Gasteiger partial charge in [0, 0.05) is 19.4 Å². The molecule has 0 radical (unpaired) electrons. The molecule has 0 heterocycles. The Hall–Kier alpha value is -5.26. The van der Waals surface area contributed by atoms with Crippen LogP contribution in [-0.2, 0) is 40.0 Å². The molecule has 0 saturated heterocycles. The van der Waals surface area contributed by atoms with E-state index in [-0.39, 0.29) is 31.8 Å². The Kier molecular flexibility index (Phi) is 16.6. The molecule has 0 aliphatic carbocycles. The summed E-state index contributed by atoms with van der Waals surface area (Å²) in [5, 5.41) is 36.3. The predicted molar refractivity (Wildman–Crippen MR) is 158 cm³/mol. The van der Waals surface area contributed by atoms with Gasteiger partial charge in [-0.2, -0.15) is 0 Å². The van der Waals surface area contributed by atoms with Gasteiger partial charge in [-0.15, -0.1) is 0 Å². The van der Waals surface area contributed by atoms with Crippen LogP contribution in [0.15, 0.2) is 35.3 Å². The van der Waals surface area contributed by atoms with Crippen molar-refractivity contribution in [2.45, 2.75) is 69.1 Å². The number of rotatable bonds is 21. The van der Waals surface area contributed by atoms with Gasteiger partial charge < -0.3 is 53.8 Å². The second-order valence-corrected chi connectivity index (χ2v) is 9.91. The molecule has 4 amide bonds. The third kappa shape index (κ3) is 16.2. The molecule has 0 saturated carbocycles. The number of carbonyl (C=O) groups excluding carboxylic acids is 4. The van der Waals surface area contributed by atoms with Gasteiger partial charge in [-0.1, -0.05) is 30.3 Å². The van der Waals surface area contributed by atoms with Crippen molar-refractivity contribution in [2.75, 3.05) is 13.1 Å². The van der Waals surface area contributed by atoms with Gasteiger partial charge in [0.15, 0.2) is 5.96 Å². The fraction of sp³-hybridized carbons (Fsp3) is 0.481. The van der Waals surface area contributed by atoms with Crippen molar-refractivity contribution < 1.29 is 48.9 Å². The zero-order valence-electron chi connectivity index (χ0n) is 24.4. The van der Waals surface area contributed by atoms with Crippen LogP contribution in [0.4, 0.5) is 0 Å². The summed E-state index contributed by atoms with van der Waals surface area (Å²) in [6.45, 7) is -0.559. The van der Waals surface area contributed by atoms with Gasteiger partial charge in [0.1, 0.15) is 18.1 Å². The van der Waals surface area contributed by atoms with Crippen molar-refractivity contribution in [3.05, 3.63) is 35.9 Å². The summed E-state index contributed by atoms with van der Waals surface area (Å²) < 4.78 is 0. The number of carboxylic acid groups (broad SMARTS) is 3. The average Bonchev–Trinajstić information content (AvgIpc) is 2.97. The van der Waals surface area contributed by atoms with E-state index in [1.807, 2.05) is 0 Å². The minimum atomic E-state index is -1.62. The zero-order valence-corrected chi connectivity index (χ0v) is 24.4. The molecule has 0 fully saturated rings. The Morgan fingerprint density at radius 2 is 1.29 bits per heavy atom. The molecule has 0 spiro atoms. The number of hydrogen-bond donors (Lipinski definition) is 10. The predicted octanol–water partition coefficient (Wildman–Crippen LogP) is -3.01. The number of nitrogens with zero attached hydrogens (tertiary/aromatic N) is 1. The van der Waals surface area contributed by atoms with Crippen LogP contribution in [0.1, 0.15) is 44.1 Å². The lowest BCUT2D eigenvalue weighted by Gasteiger charge is -2.22. The minimum absolute atomic E-state index is 0.0601. The van der Waals surface area contributed by atoms with E-state index >= 15 is 0 Å². The van der Waals surface area contributed by atoms with Gasteiger partial charge in [-0.3, -0.25) is 33.8 Å². The molecule has 45 heavy (non-hydrogen) atoms. The van der Waals surface area contributed by atoms with Gasteiger partial charge in [-0.05, 0) is 37.7 Å². The van der Waals surface area contributed by atoms with Gasteiger partial charge in [0.2, 0.25) is 23.6 Å². The SMILES string of the molecule is NC(N)=NCCC[C@H](NC(=O)[C@@H](N)Cc1ccccc1)C(=O)NCC(=O)N[C@@H](CCC(=O)O)C(=O)N[C@@H](CCC(=O)O)C(=O)O. The van der Waals surface area contributed by atoms with Crippen molar-refractivity contribution in [3.8, 4) is 0 Å². The molecule has 0 bridgehead atoms. The highest BCUT2D eigenvalue weighted by atomic mass is 16.4. The van der Waals surface area contributed by atoms with Crippen molar-refractivity contribution in [1.82, 2.24) is 21.3 Å². The minimum Gasteiger partial charge on any atom is -0.481 e. The number of benzene rings is 1. The molecule has 4 atom stereocenters. The maximum Gasteiger partial charge on any atom is 0.326 e. The zero-order chi connectivity index (χ0) is 33.9. The Morgan fingerprint density at radius 1 is 0.733 bits per heavy atom. The largest absolute Gasteiger partial charge is 0.481 e. The summed E-state index contributed by atoms with van der Waals surface area (Å²) in [4.78, 5) is 88.2. The van der Waals surface area contributed by atoms with E-state index in [0.29, 0.717) is 0 Å².